The van der Waals surface area contributed by atoms with E-state index in [1.54, 1.807) is 7.11 Å². The van der Waals surface area contributed by atoms with Gasteiger partial charge in [-0.05, 0) is 57.5 Å². The minimum absolute atomic E-state index is 0.324. The predicted octanol–water partition coefficient (Wildman–Crippen LogP) is 2.05. The second-order valence-corrected chi connectivity index (χ2v) is 6.70. The Bertz CT molecular complexity index is 439. The molecular formula is C17H28N2O2. The van der Waals surface area contributed by atoms with Gasteiger partial charge in [0.25, 0.3) is 0 Å². The minimum atomic E-state index is -0.719. The molecule has 2 rings (SSSR count). The number of nitrogens with zero attached hydrogens (tertiary/aromatic N) is 1. The van der Waals surface area contributed by atoms with Gasteiger partial charge in [0.1, 0.15) is 5.75 Å². The van der Waals surface area contributed by atoms with Gasteiger partial charge in [-0.2, -0.15) is 0 Å². The van der Waals surface area contributed by atoms with Gasteiger partial charge < -0.3 is 20.1 Å². The van der Waals surface area contributed by atoms with Crippen molar-refractivity contribution in [2.45, 2.75) is 31.4 Å². The molecule has 1 fully saturated rings. The van der Waals surface area contributed by atoms with E-state index < -0.39 is 5.60 Å². The van der Waals surface area contributed by atoms with Crippen molar-refractivity contribution in [3.05, 3.63) is 29.8 Å². The van der Waals surface area contributed by atoms with Crippen LogP contribution >= 0.6 is 0 Å². The second kappa shape index (κ2) is 6.77. The van der Waals surface area contributed by atoms with Crippen molar-refractivity contribution in [2.24, 2.45) is 5.92 Å². The molecule has 0 bridgehead atoms. The van der Waals surface area contributed by atoms with Gasteiger partial charge in [0, 0.05) is 19.1 Å². The van der Waals surface area contributed by atoms with Crippen molar-refractivity contribution >= 4 is 0 Å². The zero-order valence-corrected chi connectivity index (χ0v) is 13.6. The van der Waals surface area contributed by atoms with E-state index in [9.17, 15) is 5.11 Å². The molecule has 118 valence electrons. The summed E-state index contributed by atoms with van der Waals surface area (Å²) in [7, 11) is 5.65. The topological polar surface area (TPSA) is 44.7 Å². The number of hydrogen-bond donors (Lipinski definition) is 2. The molecule has 0 aromatic heterocycles. The SMILES string of the molecule is COc1ccc(C(NCC(C)(O)CN(C)C)C2CC2)cc1. The van der Waals surface area contributed by atoms with Crippen LogP contribution in [0.4, 0.5) is 0 Å². The van der Waals surface area contributed by atoms with Crippen LogP contribution in [0, 0.1) is 5.92 Å². The lowest BCUT2D eigenvalue weighted by Crippen LogP contribution is -2.46. The molecule has 0 spiro atoms. The zero-order chi connectivity index (χ0) is 15.5. The molecule has 1 saturated carbocycles. The molecule has 0 saturated heterocycles. The lowest BCUT2D eigenvalue weighted by atomic mass is 10.00. The summed E-state index contributed by atoms with van der Waals surface area (Å²) in [6, 6.07) is 8.57. The number of aliphatic hydroxyl groups is 1. The monoisotopic (exact) mass is 292 g/mol. The molecule has 1 aromatic carbocycles. The van der Waals surface area contributed by atoms with Crippen LogP contribution in [0.5, 0.6) is 5.75 Å². The van der Waals surface area contributed by atoms with Crippen LogP contribution in [0.3, 0.4) is 0 Å². The number of hydrogen-bond acceptors (Lipinski definition) is 4. The quantitative estimate of drug-likeness (QED) is 0.770. The Morgan fingerprint density at radius 1 is 1.33 bits per heavy atom. The summed E-state index contributed by atoms with van der Waals surface area (Å²) in [5, 5.41) is 14.0. The summed E-state index contributed by atoms with van der Waals surface area (Å²) in [5.41, 5.74) is 0.558. The molecule has 4 nitrogen and oxygen atoms in total. The number of nitrogens with one attached hydrogen (secondary N) is 1. The molecule has 21 heavy (non-hydrogen) atoms. The Labute approximate surface area is 128 Å². The maximum atomic E-state index is 10.4. The van der Waals surface area contributed by atoms with E-state index in [-0.39, 0.29) is 0 Å². The number of methoxy groups -OCH3 is 1. The molecule has 4 heteroatoms. The normalized spacial score (nSPS) is 19.3. The zero-order valence-electron chi connectivity index (χ0n) is 13.6. The van der Waals surface area contributed by atoms with Crippen LogP contribution < -0.4 is 10.1 Å². The fourth-order valence-corrected chi connectivity index (χ4v) is 2.86. The molecule has 0 amide bonds. The van der Waals surface area contributed by atoms with Crippen molar-refractivity contribution < 1.29 is 9.84 Å². The fraction of sp³-hybridized carbons (Fsp3) is 0.647. The molecule has 0 aliphatic heterocycles. The summed E-state index contributed by atoms with van der Waals surface area (Å²) in [5.74, 6) is 1.57. The van der Waals surface area contributed by atoms with Crippen molar-refractivity contribution in [1.82, 2.24) is 10.2 Å². The van der Waals surface area contributed by atoms with Gasteiger partial charge in [-0.3, -0.25) is 0 Å². The molecule has 2 atom stereocenters. The van der Waals surface area contributed by atoms with E-state index in [1.165, 1.54) is 18.4 Å². The average Bonchev–Trinajstić information content (AvgIpc) is 3.22. The van der Waals surface area contributed by atoms with Gasteiger partial charge in [-0.15, -0.1) is 0 Å². The number of likely N-dealkylation sites (N-methyl/N-ethyl adjacent to an activating group) is 1. The van der Waals surface area contributed by atoms with E-state index >= 15 is 0 Å². The molecule has 1 aliphatic carbocycles. The highest BCUT2D eigenvalue weighted by Gasteiger charge is 2.33. The summed E-state index contributed by atoms with van der Waals surface area (Å²) in [6.07, 6.45) is 2.53. The van der Waals surface area contributed by atoms with Gasteiger partial charge in [0.05, 0.1) is 12.7 Å². The van der Waals surface area contributed by atoms with E-state index in [0.717, 1.165) is 5.75 Å². The maximum absolute atomic E-state index is 10.4. The first-order valence-electron chi connectivity index (χ1n) is 7.66. The number of benzene rings is 1. The lowest BCUT2D eigenvalue weighted by molar-refractivity contribution is 0.0306. The first-order chi connectivity index (χ1) is 9.91. The van der Waals surface area contributed by atoms with Crippen LogP contribution in [0.1, 0.15) is 31.4 Å². The standard InChI is InChI=1S/C17H28N2O2/c1-17(20,12-19(2)3)11-18-16(13-5-6-13)14-7-9-15(21-4)10-8-14/h7-10,13,16,18,20H,5-6,11-12H2,1-4H3. The number of ether oxygens (including phenoxy) is 1. The Morgan fingerprint density at radius 2 is 1.95 bits per heavy atom. The molecule has 2 N–H and O–H groups in total. The molecule has 0 heterocycles. The molecule has 1 aliphatic rings. The van der Waals surface area contributed by atoms with Crippen LogP contribution in [-0.2, 0) is 0 Å². The van der Waals surface area contributed by atoms with Crippen molar-refractivity contribution in [1.29, 1.82) is 0 Å². The number of rotatable bonds is 8. The first kappa shape index (κ1) is 16.3. The van der Waals surface area contributed by atoms with Crippen molar-refractivity contribution in [3.8, 4) is 5.75 Å². The summed E-state index contributed by atoms with van der Waals surface area (Å²) in [4.78, 5) is 2.02. The maximum Gasteiger partial charge on any atom is 0.118 e. The smallest absolute Gasteiger partial charge is 0.118 e. The third-order valence-corrected chi connectivity index (χ3v) is 3.93. The highest BCUT2D eigenvalue weighted by Crippen LogP contribution is 2.41. The Hall–Kier alpha value is -1.10. The van der Waals surface area contributed by atoms with Gasteiger partial charge in [0.2, 0.25) is 0 Å². The second-order valence-electron chi connectivity index (χ2n) is 6.70. The highest BCUT2D eigenvalue weighted by molar-refractivity contribution is 5.30. The summed E-state index contributed by atoms with van der Waals surface area (Å²) in [6.45, 7) is 3.14. The Balaban J connectivity index is 1.99. The molecule has 1 aromatic rings. The van der Waals surface area contributed by atoms with Gasteiger partial charge in [-0.25, -0.2) is 0 Å². The average molecular weight is 292 g/mol. The lowest BCUT2D eigenvalue weighted by Gasteiger charge is -2.30. The van der Waals surface area contributed by atoms with Gasteiger partial charge in [-0.1, -0.05) is 12.1 Å². The van der Waals surface area contributed by atoms with Crippen molar-refractivity contribution in [2.75, 3.05) is 34.3 Å². The van der Waals surface area contributed by atoms with Crippen LogP contribution in [0.25, 0.3) is 0 Å². The van der Waals surface area contributed by atoms with E-state index in [2.05, 4.69) is 17.4 Å². The fourth-order valence-electron chi connectivity index (χ4n) is 2.86. The molecule has 0 radical (unpaired) electrons. The van der Waals surface area contributed by atoms with Crippen LogP contribution in [0.2, 0.25) is 0 Å². The Kier molecular flexibility index (Phi) is 5.25. The predicted molar refractivity (Wildman–Crippen MR) is 85.6 cm³/mol. The largest absolute Gasteiger partial charge is 0.497 e. The summed E-state index contributed by atoms with van der Waals surface area (Å²) < 4.78 is 5.22. The van der Waals surface area contributed by atoms with Gasteiger partial charge >= 0.3 is 0 Å². The first-order valence-corrected chi connectivity index (χ1v) is 7.66. The van der Waals surface area contributed by atoms with Crippen LogP contribution in [0.15, 0.2) is 24.3 Å². The van der Waals surface area contributed by atoms with E-state index in [4.69, 9.17) is 4.74 Å². The van der Waals surface area contributed by atoms with E-state index in [0.29, 0.717) is 25.0 Å². The highest BCUT2D eigenvalue weighted by atomic mass is 16.5. The van der Waals surface area contributed by atoms with Gasteiger partial charge in [0.15, 0.2) is 0 Å². The van der Waals surface area contributed by atoms with Crippen molar-refractivity contribution in [3.63, 3.8) is 0 Å². The molecule has 2 unspecified atom stereocenters. The Morgan fingerprint density at radius 3 is 2.43 bits per heavy atom. The van der Waals surface area contributed by atoms with Crippen LogP contribution in [-0.4, -0.2) is 49.9 Å². The van der Waals surface area contributed by atoms with E-state index in [1.807, 2.05) is 38.1 Å². The molecular weight excluding hydrogens is 264 g/mol. The minimum Gasteiger partial charge on any atom is -0.497 e. The summed E-state index contributed by atoms with van der Waals surface area (Å²) >= 11 is 0. The third kappa shape index (κ3) is 4.99. The third-order valence-electron chi connectivity index (χ3n) is 3.93.